The highest BCUT2D eigenvalue weighted by molar-refractivity contribution is 6.30. The van der Waals surface area contributed by atoms with Gasteiger partial charge in [-0.1, -0.05) is 17.7 Å². The Bertz CT molecular complexity index is 546. The van der Waals surface area contributed by atoms with E-state index >= 15 is 0 Å². The predicted octanol–water partition coefficient (Wildman–Crippen LogP) is 2.90. The molecule has 23 heavy (non-hydrogen) atoms. The first-order valence-corrected chi connectivity index (χ1v) is 7.69. The number of hydrogen-bond acceptors (Lipinski definition) is 3. The summed E-state index contributed by atoms with van der Waals surface area (Å²) in [6.07, 6.45) is -2.70. The molecule has 1 aliphatic rings. The molecule has 1 saturated heterocycles. The summed E-state index contributed by atoms with van der Waals surface area (Å²) in [6.45, 7) is 0.209. The van der Waals surface area contributed by atoms with E-state index in [0.717, 1.165) is 19.4 Å². The Morgan fingerprint density at radius 1 is 1.43 bits per heavy atom. The van der Waals surface area contributed by atoms with E-state index in [1.807, 2.05) is 0 Å². The second-order valence-corrected chi connectivity index (χ2v) is 5.85. The first-order valence-electron chi connectivity index (χ1n) is 7.31. The molecule has 1 aromatic rings. The van der Waals surface area contributed by atoms with E-state index in [4.69, 9.17) is 16.3 Å². The number of carbonyl (C=O) groups is 1. The van der Waals surface area contributed by atoms with E-state index in [2.05, 4.69) is 10.6 Å². The van der Waals surface area contributed by atoms with Crippen LogP contribution in [0.25, 0.3) is 0 Å². The molecular formula is C15H18ClF3N2O2. The molecule has 0 bridgehead atoms. The Morgan fingerprint density at radius 2 is 2.22 bits per heavy atom. The molecule has 0 saturated carbocycles. The van der Waals surface area contributed by atoms with Crippen LogP contribution in [-0.2, 0) is 11.3 Å². The van der Waals surface area contributed by atoms with E-state index in [1.165, 1.54) is 6.07 Å². The number of halogens is 4. The lowest BCUT2D eigenvalue weighted by Crippen LogP contribution is -2.40. The number of alkyl halides is 3. The van der Waals surface area contributed by atoms with E-state index in [-0.39, 0.29) is 29.1 Å². The monoisotopic (exact) mass is 350 g/mol. The molecule has 0 aliphatic carbocycles. The third-order valence-corrected chi connectivity index (χ3v) is 3.78. The smallest absolute Gasteiger partial charge is 0.422 e. The number of benzene rings is 1. The van der Waals surface area contributed by atoms with Gasteiger partial charge in [-0.25, -0.2) is 0 Å². The lowest BCUT2D eigenvalue weighted by Gasteiger charge is -2.22. The summed E-state index contributed by atoms with van der Waals surface area (Å²) < 4.78 is 41.7. The standard InChI is InChI=1S/C15H18ClF3N2O2/c16-12-4-3-10(13(6-12)23-9-15(17,18)19)8-21-14(22)11-2-1-5-20-7-11/h3-4,6,11,20H,1-2,5,7-9H2,(H,21,22)/t11-/m1/s1. The van der Waals surface area contributed by atoms with Crippen LogP contribution in [0.2, 0.25) is 5.02 Å². The summed E-state index contributed by atoms with van der Waals surface area (Å²) in [5.74, 6) is -0.207. The number of carbonyl (C=O) groups excluding carboxylic acids is 1. The van der Waals surface area contributed by atoms with Gasteiger partial charge in [0, 0.05) is 23.7 Å². The molecule has 0 radical (unpaired) electrons. The van der Waals surface area contributed by atoms with E-state index < -0.39 is 12.8 Å². The van der Waals surface area contributed by atoms with Crippen molar-refractivity contribution in [3.05, 3.63) is 28.8 Å². The average Bonchev–Trinajstić information content (AvgIpc) is 2.52. The Hall–Kier alpha value is -1.47. The normalized spacial score (nSPS) is 18.5. The largest absolute Gasteiger partial charge is 0.484 e. The van der Waals surface area contributed by atoms with Gasteiger partial charge in [-0.2, -0.15) is 13.2 Å². The van der Waals surface area contributed by atoms with E-state index in [9.17, 15) is 18.0 Å². The molecule has 2 N–H and O–H groups in total. The molecule has 1 aliphatic heterocycles. The van der Waals surface area contributed by atoms with Crippen molar-refractivity contribution in [1.82, 2.24) is 10.6 Å². The Kier molecular flexibility index (Phi) is 6.12. The lowest BCUT2D eigenvalue weighted by molar-refractivity contribution is -0.153. The summed E-state index contributed by atoms with van der Waals surface area (Å²) in [6, 6.07) is 4.41. The zero-order chi connectivity index (χ0) is 16.9. The van der Waals surface area contributed by atoms with Gasteiger partial charge in [0.05, 0.1) is 5.92 Å². The Balaban J connectivity index is 1.96. The van der Waals surface area contributed by atoms with Gasteiger partial charge in [0.2, 0.25) is 5.91 Å². The Morgan fingerprint density at radius 3 is 2.87 bits per heavy atom. The van der Waals surface area contributed by atoms with Gasteiger partial charge in [0.1, 0.15) is 5.75 Å². The van der Waals surface area contributed by atoms with Crippen molar-refractivity contribution in [3.8, 4) is 5.75 Å². The van der Waals surface area contributed by atoms with E-state index in [1.54, 1.807) is 12.1 Å². The summed E-state index contributed by atoms with van der Waals surface area (Å²) in [7, 11) is 0. The van der Waals surface area contributed by atoms with Crippen LogP contribution in [0, 0.1) is 5.92 Å². The van der Waals surface area contributed by atoms with Gasteiger partial charge < -0.3 is 15.4 Å². The highest BCUT2D eigenvalue weighted by Gasteiger charge is 2.29. The molecule has 128 valence electrons. The summed E-state index contributed by atoms with van der Waals surface area (Å²) in [4.78, 5) is 12.1. The van der Waals surface area contributed by atoms with Gasteiger partial charge >= 0.3 is 6.18 Å². The first kappa shape index (κ1) is 17.9. The van der Waals surface area contributed by atoms with Gasteiger partial charge in [-0.05, 0) is 31.5 Å². The van der Waals surface area contributed by atoms with E-state index in [0.29, 0.717) is 12.1 Å². The molecule has 4 nitrogen and oxygen atoms in total. The molecule has 2 rings (SSSR count). The van der Waals surface area contributed by atoms with Gasteiger partial charge in [-0.3, -0.25) is 4.79 Å². The van der Waals surface area contributed by atoms with Crippen molar-refractivity contribution in [1.29, 1.82) is 0 Å². The maximum absolute atomic E-state index is 12.3. The third kappa shape index (κ3) is 5.91. The molecular weight excluding hydrogens is 333 g/mol. The number of hydrogen-bond donors (Lipinski definition) is 2. The van der Waals surface area contributed by atoms with Crippen molar-refractivity contribution in [2.24, 2.45) is 5.92 Å². The highest BCUT2D eigenvalue weighted by atomic mass is 35.5. The van der Waals surface area contributed by atoms with Crippen LogP contribution >= 0.6 is 11.6 Å². The van der Waals surface area contributed by atoms with Crippen LogP contribution in [-0.4, -0.2) is 31.8 Å². The molecule has 8 heteroatoms. The maximum Gasteiger partial charge on any atom is 0.422 e. The fraction of sp³-hybridized carbons (Fsp3) is 0.533. The zero-order valence-electron chi connectivity index (χ0n) is 12.4. The van der Waals surface area contributed by atoms with Crippen LogP contribution in [0.5, 0.6) is 5.75 Å². The van der Waals surface area contributed by atoms with Gasteiger partial charge in [-0.15, -0.1) is 0 Å². The van der Waals surface area contributed by atoms with Crippen molar-refractivity contribution in [2.45, 2.75) is 25.6 Å². The van der Waals surface area contributed by atoms with Crippen LogP contribution in [0.1, 0.15) is 18.4 Å². The van der Waals surface area contributed by atoms with Crippen molar-refractivity contribution < 1.29 is 22.7 Å². The van der Waals surface area contributed by atoms with Crippen molar-refractivity contribution >= 4 is 17.5 Å². The summed E-state index contributed by atoms with van der Waals surface area (Å²) in [5, 5.41) is 6.16. The minimum absolute atomic E-state index is 0.0249. The number of ether oxygens (including phenoxy) is 1. The topological polar surface area (TPSA) is 50.4 Å². The second-order valence-electron chi connectivity index (χ2n) is 5.42. The molecule has 0 spiro atoms. The lowest BCUT2D eigenvalue weighted by atomic mass is 9.99. The molecule has 0 aromatic heterocycles. The quantitative estimate of drug-likeness (QED) is 0.858. The molecule has 1 aromatic carbocycles. The molecule has 0 unspecified atom stereocenters. The fourth-order valence-electron chi connectivity index (χ4n) is 2.37. The fourth-order valence-corrected chi connectivity index (χ4v) is 2.53. The number of nitrogens with one attached hydrogen (secondary N) is 2. The first-order chi connectivity index (χ1) is 10.8. The van der Waals surface area contributed by atoms with Crippen LogP contribution in [0.15, 0.2) is 18.2 Å². The number of amides is 1. The summed E-state index contributed by atoms with van der Waals surface area (Å²) >= 11 is 5.79. The van der Waals surface area contributed by atoms with Gasteiger partial charge in [0.15, 0.2) is 6.61 Å². The predicted molar refractivity (Wildman–Crippen MR) is 80.4 cm³/mol. The van der Waals surface area contributed by atoms with Crippen molar-refractivity contribution in [2.75, 3.05) is 19.7 Å². The number of piperidine rings is 1. The van der Waals surface area contributed by atoms with Crippen LogP contribution in [0.4, 0.5) is 13.2 Å². The van der Waals surface area contributed by atoms with Crippen molar-refractivity contribution in [3.63, 3.8) is 0 Å². The summed E-state index contributed by atoms with van der Waals surface area (Å²) in [5.41, 5.74) is 0.454. The molecule has 1 amide bonds. The molecule has 1 heterocycles. The minimum atomic E-state index is -4.43. The molecule has 1 fully saturated rings. The minimum Gasteiger partial charge on any atom is -0.484 e. The SMILES string of the molecule is O=C(NCc1ccc(Cl)cc1OCC(F)(F)F)[C@@H]1CCCNC1. The average molecular weight is 351 g/mol. The van der Waals surface area contributed by atoms with Crippen LogP contribution in [0.3, 0.4) is 0 Å². The zero-order valence-corrected chi connectivity index (χ0v) is 13.1. The highest BCUT2D eigenvalue weighted by Crippen LogP contribution is 2.26. The molecule has 1 atom stereocenters. The van der Waals surface area contributed by atoms with Gasteiger partial charge in [0.25, 0.3) is 0 Å². The number of rotatable bonds is 5. The maximum atomic E-state index is 12.3. The second kappa shape index (κ2) is 7.88. The van der Waals surface area contributed by atoms with Crippen LogP contribution < -0.4 is 15.4 Å². The Labute approximate surface area is 137 Å². The third-order valence-electron chi connectivity index (χ3n) is 3.54.